The maximum absolute atomic E-state index is 13.7. The van der Waals surface area contributed by atoms with Crippen molar-refractivity contribution in [2.75, 3.05) is 57.8 Å². The molecule has 0 aromatic heterocycles. The third-order valence-corrected chi connectivity index (χ3v) is 8.14. The monoisotopic (exact) mass is 678 g/mol. The minimum atomic E-state index is -5.83. The van der Waals surface area contributed by atoms with Crippen LogP contribution in [-0.2, 0) is 27.0 Å². The Labute approximate surface area is 261 Å². The van der Waals surface area contributed by atoms with Crippen LogP contribution >= 0.6 is 0 Å². The number of hydrogen-bond acceptors (Lipinski definition) is 7. The Bertz CT molecular complexity index is 1200. The van der Waals surface area contributed by atoms with Gasteiger partial charge in [0.15, 0.2) is 0 Å². The first kappa shape index (κ1) is 37.5. The van der Waals surface area contributed by atoms with Crippen molar-refractivity contribution in [3.8, 4) is 0 Å². The first-order valence-electron chi connectivity index (χ1n) is 14.6. The van der Waals surface area contributed by atoms with E-state index in [1.165, 1.54) is 6.07 Å². The SMILES string of the molecule is CN(Cc1ccc(C(F)(F)F)cc1N1CCN(CC(=O)OC(C)(C)C)CC1)C1(C)CCN(C(=O)OC(C(F)(F)F)C(F)(F)F)CC1. The van der Waals surface area contributed by atoms with Crippen LogP contribution in [0.1, 0.15) is 51.7 Å². The number of halogens is 9. The molecule has 2 aliphatic rings. The van der Waals surface area contributed by atoms with Gasteiger partial charge in [0.25, 0.3) is 6.10 Å². The summed E-state index contributed by atoms with van der Waals surface area (Å²) in [6.45, 7) is 8.34. The molecule has 17 heteroatoms. The molecule has 0 aliphatic carbocycles. The Morgan fingerprint density at radius 1 is 0.891 bits per heavy atom. The highest BCUT2D eigenvalue weighted by molar-refractivity contribution is 5.72. The predicted octanol–water partition coefficient (Wildman–Crippen LogP) is 6.09. The Morgan fingerprint density at radius 3 is 1.91 bits per heavy atom. The topological polar surface area (TPSA) is 65.6 Å². The first-order valence-corrected chi connectivity index (χ1v) is 14.6. The van der Waals surface area contributed by atoms with E-state index in [2.05, 4.69) is 4.74 Å². The third-order valence-electron chi connectivity index (χ3n) is 8.14. The van der Waals surface area contributed by atoms with Gasteiger partial charge in [-0.25, -0.2) is 4.79 Å². The molecule has 1 amide bonds. The number of carbonyl (C=O) groups is 2. The molecule has 2 fully saturated rings. The van der Waals surface area contributed by atoms with E-state index in [1.807, 2.05) is 14.7 Å². The van der Waals surface area contributed by atoms with Crippen molar-refractivity contribution in [2.24, 2.45) is 0 Å². The molecule has 3 rings (SSSR count). The summed E-state index contributed by atoms with van der Waals surface area (Å²) in [5.74, 6) is -0.407. The Kier molecular flexibility index (Phi) is 11.1. The summed E-state index contributed by atoms with van der Waals surface area (Å²) >= 11 is 0. The summed E-state index contributed by atoms with van der Waals surface area (Å²) in [6, 6.07) is 3.43. The van der Waals surface area contributed by atoms with E-state index >= 15 is 0 Å². The van der Waals surface area contributed by atoms with Crippen molar-refractivity contribution < 1.29 is 58.6 Å². The fraction of sp³-hybridized carbons (Fsp3) is 0.724. The van der Waals surface area contributed by atoms with E-state index in [-0.39, 0.29) is 39.0 Å². The van der Waals surface area contributed by atoms with Crippen molar-refractivity contribution >= 4 is 17.7 Å². The van der Waals surface area contributed by atoms with Crippen LogP contribution in [0.25, 0.3) is 0 Å². The van der Waals surface area contributed by atoms with Crippen LogP contribution in [0, 0.1) is 0 Å². The van der Waals surface area contributed by atoms with E-state index in [9.17, 15) is 49.1 Å². The van der Waals surface area contributed by atoms with Crippen molar-refractivity contribution in [2.45, 2.75) is 82.9 Å². The van der Waals surface area contributed by atoms with E-state index in [0.29, 0.717) is 37.4 Å². The van der Waals surface area contributed by atoms with Gasteiger partial charge in [0.1, 0.15) is 5.60 Å². The lowest BCUT2D eigenvalue weighted by atomic mass is 9.87. The lowest BCUT2D eigenvalue weighted by molar-refractivity contribution is -0.308. The smallest absolute Gasteiger partial charge is 0.434 e. The number of ether oxygens (including phenoxy) is 2. The number of alkyl halides is 9. The van der Waals surface area contributed by atoms with Gasteiger partial charge >= 0.3 is 30.6 Å². The minimum absolute atomic E-state index is 0.0410. The van der Waals surface area contributed by atoms with Crippen molar-refractivity contribution in [1.29, 1.82) is 0 Å². The van der Waals surface area contributed by atoms with Crippen molar-refractivity contribution in [1.82, 2.24) is 14.7 Å². The van der Waals surface area contributed by atoms with Crippen LogP contribution in [0.2, 0.25) is 0 Å². The van der Waals surface area contributed by atoms with Gasteiger partial charge in [0.05, 0.1) is 12.1 Å². The molecule has 0 spiro atoms. The molecule has 2 heterocycles. The molecule has 262 valence electrons. The van der Waals surface area contributed by atoms with E-state index in [0.717, 1.165) is 17.0 Å². The van der Waals surface area contributed by atoms with Crippen LogP contribution in [0.4, 0.5) is 50.0 Å². The van der Waals surface area contributed by atoms with Gasteiger partial charge in [0.2, 0.25) is 0 Å². The summed E-state index contributed by atoms with van der Waals surface area (Å²) < 4.78 is 127. The third kappa shape index (κ3) is 10.0. The summed E-state index contributed by atoms with van der Waals surface area (Å²) in [6.07, 6.45) is -21.9. The van der Waals surface area contributed by atoms with Gasteiger partial charge in [-0.15, -0.1) is 0 Å². The second kappa shape index (κ2) is 13.6. The van der Waals surface area contributed by atoms with Gasteiger partial charge in [0, 0.05) is 57.0 Å². The van der Waals surface area contributed by atoms with E-state index in [4.69, 9.17) is 4.74 Å². The number of hydrogen-bond donors (Lipinski definition) is 0. The zero-order valence-electron chi connectivity index (χ0n) is 26.2. The van der Waals surface area contributed by atoms with Gasteiger partial charge < -0.3 is 19.3 Å². The van der Waals surface area contributed by atoms with E-state index in [1.54, 1.807) is 34.7 Å². The summed E-state index contributed by atoms with van der Waals surface area (Å²) in [7, 11) is 1.71. The summed E-state index contributed by atoms with van der Waals surface area (Å²) in [5.41, 5.74) is -1.27. The van der Waals surface area contributed by atoms with Gasteiger partial charge in [-0.3, -0.25) is 14.6 Å². The Morgan fingerprint density at radius 2 is 1.43 bits per heavy atom. The molecule has 8 nitrogen and oxygen atoms in total. The van der Waals surface area contributed by atoms with Gasteiger partial charge in [-0.1, -0.05) is 6.07 Å². The van der Waals surface area contributed by atoms with Crippen LogP contribution in [0.3, 0.4) is 0 Å². The molecule has 0 radical (unpaired) electrons. The van der Waals surface area contributed by atoms with Crippen LogP contribution < -0.4 is 4.90 Å². The molecular formula is C29H39F9N4O4. The Hall–Kier alpha value is -2.95. The summed E-state index contributed by atoms with van der Waals surface area (Å²) in [5, 5.41) is 0. The molecule has 2 saturated heterocycles. The molecule has 0 N–H and O–H groups in total. The number of anilines is 1. The molecule has 0 atom stereocenters. The molecule has 0 unspecified atom stereocenters. The van der Waals surface area contributed by atoms with Crippen molar-refractivity contribution in [3.63, 3.8) is 0 Å². The number of piperidine rings is 1. The molecule has 0 saturated carbocycles. The average molecular weight is 679 g/mol. The molecule has 46 heavy (non-hydrogen) atoms. The summed E-state index contributed by atoms with van der Waals surface area (Å²) in [4.78, 5) is 30.7. The second-order valence-corrected chi connectivity index (χ2v) is 12.9. The fourth-order valence-corrected chi connectivity index (χ4v) is 5.37. The quantitative estimate of drug-likeness (QED) is 0.256. The molecule has 2 aliphatic heterocycles. The average Bonchev–Trinajstić information content (AvgIpc) is 2.89. The highest BCUT2D eigenvalue weighted by Crippen LogP contribution is 2.38. The van der Waals surface area contributed by atoms with Crippen LogP contribution in [0.15, 0.2) is 18.2 Å². The number of nitrogens with zero attached hydrogens (tertiary/aromatic N) is 4. The molecular weight excluding hydrogens is 639 g/mol. The molecule has 1 aromatic rings. The maximum atomic E-state index is 13.7. The maximum Gasteiger partial charge on any atom is 0.434 e. The van der Waals surface area contributed by atoms with Crippen LogP contribution in [-0.4, -0.2) is 109 Å². The zero-order chi connectivity index (χ0) is 34.9. The molecule has 1 aromatic carbocycles. The number of amides is 1. The van der Waals surface area contributed by atoms with Gasteiger partial charge in [-0.2, -0.15) is 39.5 Å². The fourth-order valence-electron chi connectivity index (χ4n) is 5.37. The largest absolute Gasteiger partial charge is 0.459 e. The van der Waals surface area contributed by atoms with Crippen molar-refractivity contribution in [3.05, 3.63) is 29.3 Å². The highest BCUT2D eigenvalue weighted by atomic mass is 19.4. The standard InChI is InChI=1S/C29H39F9N4O4/c1-25(2,3)46-22(43)18-40-12-14-41(15-13-40)21-16-20(27(30,31)32)7-6-19(21)17-39(5)26(4)8-10-42(11-9-26)24(44)45-23(28(33,34)35)29(36,37)38/h6-7,16,23H,8-15,17-18H2,1-5H3. The van der Waals surface area contributed by atoms with E-state index < -0.39 is 53.4 Å². The number of piperazine rings is 1. The normalized spacial score (nSPS) is 18.7. The number of carbonyl (C=O) groups excluding carboxylic acids is 2. The Balaban J connectivity index is 1.69. The lowest BCUT2D eigenvalue weighted by Gasteiger charge is -2.45. The van der Waals surface area contributed by atoms with Crippen LogP contribution in [0.5, 0.6) is 0 Å². The predicted molar refractivity (Wildman–Crippen MR) is 149 cm³/mol. The zero-order valence-corrected chi connectivity index (χ0v) is 26.2. The minimum Gasteiger partial charge on any atom is -0.459 e. The number of likely N-dealkylation sites (tertiary alicyclic amines) is 1. The first-order chi connectivity index (χ1) is 20.9. The second-order valence-electron chi connectivity index (χ2n) is 12.9. The number of esters is 1. The highest BCUT2D eigenvalue weighted by Gasteiger charge is 2.60. The lowest BCUT2D eigenvalue weighted by Crippen LogP contribution is -2.54. The number of benzene rings is 1. The molecule has 0 bridgehead atoms. The van der Waals surface area contributed by atoms with Gasteiger partial charge in [-0.05, 0) is 65.3 Å². The number of rotatable bonds is 7.